The standard InChI is InChI=1S/C11H16O4/c1-14-10(12)7-8-3-5-9(6-4-8)11(13)15-2/h7,9H,3-6H2,1-2H3. The summed E-state index contributed by atoms with van der Waals surface area (Å²) in [6.07, 6.45) is 4.59. The molecule has 0 radical (unpaired) electrons. The second kappa shape index (κ2) is 5.53. The molecule has 84 valence electrons. The Hall–Kier alpha value is -1.32. The molecule has 0 unspecified atom stereocenters. The molecule has 1 rings (SSSR count). The van der Waals surface area contributed by atoms with E-state index in [1.807, 2.05) is 0 Å². The van der Waals surface area contributed by atoms with Gasteiger partial charge in [0.15, 0.2) is 0 Å². The molecule has 0 aliphatic heterocycles. The Morgan fingerprint density at radius 3 is 2.27 bits per heavy atom. The summed E-state index contributed by atoms with van der Waals surface area (Å²) in [5.41, 5.74) is 1.06. The normalized spacial score (nSPS) is 20.7. The molecule has 15 heavy (non-hydrogen) atoms. The lowest BCUT2D eigenvalue weighted by Crippen LogP contribution is -2.20. The molecule has 0 aromatic heterocycles. The van der Waals surface area contributed by atoms with Crippen LogP contribution in [0.5, 0.6) is 0 Å². The maximum absolute atomic E-state index is 11.2. The Labute approximate surface area is 89.2 Å². The van der Waals surface area contributed by atoms with Crippen LogP contribution in [0.2, 0.25) is 0 Å². The van der Waals surface area contributed by atoms with Crippen LogP contribution in [0.4, 0.5) is 0 Å². The molecule has 1 saturated carbocycles. The molecule has 4 nitrogen and oxygen atoms in total. The first-order valence-corrected chi connectivity index (χ1v) is 5.02. The minimum Gasteiger partial charge on any atom is -0.469 e. The highest BCUT2D eigenvalue weighted by Crippen LogP contribution is 2.28. The molecule has 1 aliphatic rings. The molecule has 0 bridgehead atoms. The summed E-state index contributed by atoms with van der Waals surface area (Å²) in [5.74, 6) is -0.474. The van der Waals surface area contributed by atoms with E-state index in [0.29, 0.717) is 0 Å². The van der Waals surface area contributed by atoms with E-state index in [4.69, 9.17) is 0 Å². The molecule has 0 N–H and O–H groups in total. The Bertz CT molecular complexity index is 270. The average molecular weight is 212 g/mol. The highest BCUT2D eigenvalue weighted by Gasteiger charge is 2.23. The number of methoxy groups -OCH3 is 2. The van der Waals surface area contributed by atoms with Gasteiger partial charge in [-0.05, 0) is 25.7 Å². The highest BCUT2D eigenvalue weighted by molar-refractivity contribution is 5.82. The van der Waals surface area contributed by atoms with Crippen molar-refractivity contribution in [2.24, 2.45) is 5.92 Å². The molecule has 0 heterocycles. The molecule has 1 fully saturated rings. The third-order valence-electron chi connectivity index (χ3n) is 2.69. The summed E-state index contributed by atoms with van der Waals surface area (Å²) in [5, 5.41) is 0. The Kier molecular flexibility index (Phi) is 4.34. The predicted octanol–water partition coefficient (Wildman–Crippen LogP) is 1.45. The van der Waals surface area contributed by atoms with Crippen molar-refractivity contribution in [2.45, 2.75) is 25.7 Å². The van der Waals surface area contributed by atoms with Crippen molar-refractivity contribution < 1.29 is 19.1 Å². The fourth-order valence-corrected chi connectivity index (χ4v) is 1.76. The zero-order valence-corrected chi connectivity index (χ0v) is 9.12. The number of rotatable bonds is 2. The van der Waals surface area contributed by atoms with Gasteiger partial charge in [-0.1, -0.05) is 5.57 Å². The number of carbonyl (C=O) groups is 2. The predicted molar refractivity (Wildman–Crippen MR) is 54.1 cm³/mol. The quantitative estimate of drug-likeness (QED) is 0.513. The van der Waals surface area contributed by atoms with Crippen molar-refractivity contribution >= 4 is 11.9 Å². The smallest absolute Gasteiger partial charge is 0.330 e. The molecule has 0 aromatic carbocycles. The van der Waals surface area contributed by atoms with Crippen LogP contribution in [0.25, 0.3) is 0 Å². The van der Waals surface area contributed by atoms with Gasteiger partial charge in [0.2, 0.25) is 0 Å². The van der Waals surface area contributed by atoms with E-state index in [9.17, 15) is 9.59 Å². The van der Waals surface area contributed by atoms with Crippen molar-refractivity contribution in [1.82, 2.24) is 0 Å². The van der Waals surface area contributed by atoms with E-state index in [1.54, 1.807) is 0 Å². The van der Waals surface area contributed by atoms with Crippen LogP contribution in [0.1, 0.15) is 25.7 Å². The summed E-state index contributed by atoms with van der Waals surface area (Å²) in [6.45, 7) is 0. The summed E-state index contributed by atoms with van der Waals surface area (Å²) in [6, 6.07) is 0. The summed E-state index contributed by atoms with van der Waals surface area (Å²) in [4.78, 5) is 22.2. The maximum Gasteiger partial charge on any atom is 0.330 e. The van der Waals surface area contributed by atoms with Crippen LogP contribution >= 0.6 is 0 Å². The zero-order valence-electron chi connectivity index (χ0n) is 9.12. The zero-order chi connectivity index (χ0) is 11.3. The third kappa shape index (κ3) is 3.38. The summed E-state index contributed by atoms with van der Waals surface area (Å²) < 4.78 is 9.22. The van der Waals surface area contributed by atoms with Crippen molar-refractivity contribution in [3.8, 4) is 0 Å². The SMILES string of the molecule is COC(=O)C=C1CCC(C(=O)OC)CC1. The van der Waals surface area contributed by atoms with Gasteiger partial charge in [0.05, 0.1) is 20.1 Å². The molecule has 0 aromatic rings. The molecule has 4 heteroatoms. The number of hydrogen-bond donors (Lipinski definition) is 0. The fourth-order valence-electron chi connectivity index (χ4n) is 1.76. The van der Waals surface area contributed by atoms with Crippen molar-refractivity contribution in [1.29, 1.82) is 0 Å². The first kappa shape index (κ1) is 11.8. The largest absolute Gasteiger partial charge is 0.469 e. The van der Waals surface area contributed by atoms with Gasteiger partial charge in [0.1, 0.15) is 0 Å². The Balaban J connectivity index is 2.45. The molecule has 1 aliphatic carbocycles. The minimum absolute atomic E-state index is 0.00945. The highest BCUT2D eigenvalue weighted by atomic mass is 16.5. The van der Waals surface area contributed by atoms with Crippen LogP contribution in [-0.2, 0) is 19.1 Å². The molecular weight excluding hydrogens is 196 g/mol. The lowest BCUT2D eigenvalue weighted by Gasteiger charge is -2.21. The van der Waals surface area contributed by atoms with Gasteiger partial charge >= 0.3 is 11.9 Å². The summed E-state index contributed by atoms with van der Waals surface area (Å²) >= 11 is 0. The topological polar surface area (TPSA) is 52.6 Å². The second-order valence-corrected chi connectivity index (χ2v) is 3.62. The van der Waals surface area contributed by atoms with Crippen LogP contribution < -0.4 is 0 Å². The molecule has 0 amide bonds. The van der Waals surface area contributed by atoms with Gasteiger partial charge in [-0.2, -0.15) is 0 Å². The lowest BCUT2D eigenvalue weighted by molar-refractivity contribution is -0.146. The van der Waals surface area contributed by atoms with Gasteiger partial charge in [-0.25, -0.2) is 4.79 Å². The van der Waals surface area contributed by atoms with E-state index in [1.165, 1.54) is 20.3 Å². The third-order valence-corrected chi connectivity index (χ3v) is 2.69. The number of carbonyl (C=O) groups excluding carboxylic acids is 2. The number of esters is 2. The van der Waals surface area contributed by atoms with Gasteiger partial charge in [-0.3, -0.25) is 4.79 Å². The number of ether oxygens (including phenoxy) is 2. The minimum atomic E-state index is -0.318. The first-order valence-electron chi connectivity index (χ1n) is 5.02. The van der Waals surface area contributed by atoms with Gasteiger partial charge in [-0.15, -0.1) is 0 Å². The Morgan fingerprint density at radius 1 is 1.20 bits per heavy atom. The van der Waals surface area contributed by atoms with E-state index in [0.717, 1.165) is 31.3 Å². The van der Waals surface area contributed by atoms with Crippen LogP contribution in [0.3, 0.4) is 0 Å². The first-order chi connectivity index (χ1) is 7.17. The van der Waals surface area contributed by atoms with Crippen molar-refractivity contribution in [3.05, 3.63) is 11.6 Å². The monoisotopic (exact) mass is 212 g/mol. The number of hydrogen-bond acceptors (Lipinski definition) is 4. The molecular formula is C11H16O4. The summed E-state index contributed by atoms with van der Waals surface area (Å²) in [7, 11) is 2.77. The molecule has 0 atom stereocenters. The fraction of sp³-hybridized carbons (Fsp3) is 0.636. The second-order valence-electron chi connectivity index (χ2n) is 3.62. The van der Waals surface area contributed by atoms with Crippen LogP contribution in [-0.4, -0.2) is 26.2 Å². The van der Waals surface area contributed by atoms with E-state index in [-0.39, 0.29) is 17.9 Å². The van der Waals surface area contributed by atoms with E-state index in [2.05, 4.69) is 9.47 Å². The van der Waals surface area contributed by atoms with Crippen LogP contribution in [0.15, 0.2) is 11.6 Å². The lowest BCUT2D eigenvalue weighted by atomic mass is 9.86. The van der Waals surface area contributed by atoms with Crippen molar-refractivity contribution in [3.63, 3.8) is 0 Å². The number of allylic oxidation sites excluding steroid dienone is 1. The average Bonchev–Trinajstić information content (AvgIpc) is 2.29. The van der Waals surface area contributed by atoms with Gasteiger partial charge in [0.25, 0.3) is 0 Å². The van der Waals surface area contributed by atoms with Crippen molar-refractivity contribution in [2.75, 3.05) is 14.2 Å². The van der Waals surface area contributed by atoms with Gasteiger partial charge in [0, 0.05) is 6.08 Å². The maximum atomic E-state index is 11.2. The van der Waals surface area contributed by atoms with E-state index >= 15 is 0 Å². The van der Waals surface area contributed by atoms with Gasteiger partial charge < -0.3 is 9.47 Å². The van der Waals surface area contributed by atoms with Crippen LogP contribution in [0, 0.1) is 5.92 Å². The van der Waals surface area contributed by atoms with E-state index < -0.39 is 0 Å². The molecule has 0 spiro atoms. The Morgan fingerprint density at radius 2 is 1.80 bits per heavy atom. The molecule has 0 saturated heterocycles.